The maximum absolute atomic E-state index is 10.6. The molecule has 0 aliphatic rings. The molecule has 17 heavy (non-hydrogen) atoms. The number of hydrogen-bond donors (Lipinski definition) is 2. The van der Waals surface area contributed by atoms with Crippen LogP contribution in [0.5, 0.6) is 0 Å². The topological polar surface area (TPSA) is 181 Å². The van der Waals surface area contributed by atoms with E-state index in [4.69, 9.17) is 11.5 Å². The third-order valence-corrected chi connectivity index (χ3v) is 1.85. The molecule has 1 aromatic carbocycles. The number of nitrogens with two attached hydrogens (primary N) is 2. The Balaban J connectivity index is 3.85. The van der Waals surface area contributed by atoms with Crippen molar-refractivity contribution in [2.75, 3.05) is 11.5 Å². The minimum absolute atomic E-state index is 0.607. The summed E-state index contributed by atoms with van der Waals surface area (Å²) in [5.41, 5.74) is 5.54. The second-order valence-electron chi connectivity index (χ2n) is 2.87. The van der Waals surface area contributed by atoms with Gasteiger partial charge in [-0.25, -0.2) is 0 Å². The molecular weight excluding hydrogens is 238 g/mol. The van der Waals surface area contributed by atoms with Gasteiger partial charge in [0.2, 0.25) is 0 Å². The van der Waals surface area contributed by atoms with Gasteiger partial charge in [-0.05, 0) is 6.07 Å². The van der Waals surface area contributed by atoms with Gasteiger partial charge in [0, 0.05) is 0 Å². The number of anilines is 2. The van der Waals surface area contributed by atoms with E-state index in [0.29, 0.717) is 0 Å². The first-order chi connectivity index (χ1) is 7.77. The second kappa shape index (κ2) is 3.88. The van der Waals surface area contributed by atoms with Crippen molar-refractivity contribution in [3.8, 4) is 0 Å². The van der Waals surface area contributed by atoms with E-state index in [2.05, 4.69) is 0 Å². The summed E-state index contributed by atoms with van der Waals surface area (Å²) in [7, 11) is 0. The van der Waals surface area contributed by atoms with Crippen LogP contribution in [0.3, 0.4) is 0 Å². The largest absolute Gasteiger partial charge is 0.426 e. The molecule has 0 heterocycles. The zero-order valence-electron chi connectivity index (χ0n) is 8.02. The molecule has 0 aromatic heterocycles. The minimum Gasteiger partial charge on any atom is -0.393 e. The van der Waals surface area contributed by atoms with Crippen LogP contribution in [0.15, 0.2) is 6.07 Å². The van der Waals surface area contributed by atoms with Crippen molar-refractivity contribution in [2.24, 2.45) is 0 Å². The molecule has 90 valence electrons. The van der Waals surface area contributed by atoms with Crippen LogP contribution in [0.25, 0.3) is 0 Å². The van der Waals surface area contributed by atoms with Crippen LogP contribution in [-0.4, -0.2) is 14.8 Å². The van der Waals surface area contributed by atoms with Gasteiger partial charge in [-0.1, -0.05) is 0 Å². The Labute approximate surface area is 92.1 Å². The van der Waals surface area contributed by atoms with Gasteiger partial charge in [-0.15, -0.1) is 0 Å². The molecular formula is C6H5N5O6. The zero-order valence-corrected chi connectivity index (χ0v) is 8.02. The highest BCUT2D eigenvalue weighted by molar-refractivity contribution is 5.85. The Bertz CT molecular complexity index is 502. The van der Waals surface area contributed by atoms with Crippen molar-refractivity contribution < 1.29 is 14.8 Å². The second-order valence-corrected chi connectivity index (χ2v) is 2.87. The van der Waals surface area contributed by atoms with Crippen LogP contribution >= 0.6 is 0 Å². The molecule has 0 fully saturated rings. The molecule has 1 aromatic rings. The highest BCUT2D eigenvalue weighted by atomic mass is 16.6. The predicted octanol–water partition coefficient (Wildman–Crippen LogP) is 0.576. The first kappa shape index (κ1) is 12.1. The van der Waals surface area contributed by atoms with Crippen molar-refractivity contribution in [3.05, 3.63) is 36.4 Å². The lowest BCUT2D eigenvalue weighted by Gasteiger charge is -2.02. The standard InChI is InChI=1S/C6H5N5O6/c7-2-1-3(8)5(10(14)15)6(11(16)17)4(2)9(12)13/h1H,7-8H2. The molecule has 0 bridgehead atoms. The molecule has 0 spiro atoms. The maximum Gasteiger partial charge on any atom is 0.426 e. The quantitative estimate of drug-likeness (QED) is 0.438. The molecule has 0 aliphatic heterocycles. The highest BCUT2D eigenvalue weighted by Gasteiger charge is 2.40. The van der Waals surface area contributed by atoms with E-state index >= 15 is 0 Å². The third kappa shape index (κ3) is 1.88. The van der Waals surface area contributed by atoms with Gasteiger partial charge in [0.25, 0.3) is 0 Å². The van der Waals surface area contributed by atoms with E-state index in [0.717, 1.165) is 6.07 Å². The molecule has 0 radical (unpaired) electrons. The summed E-state index contributed by atoms with van der Waals surface area (Å²) in [4.78, 5) is 28.2. The van der Waals surface area contributed by atoms with E-state index < -0.39 is 43.2 Å². The van der Waals surface area contributed by atoms with Gasteiger partial charge in [-0.3, -0.25) is 30.3 Å². The molecule has 11 nitrogen and oxygen atoms in total. The monoisotopic (exact) mass is 243 g/mol. The van der Waals surface area contributed by atoms with Gasteiger partial charge >= 0.3 is 17.1 Å². The van der Waals surface area contributed by atoms with E-state index in [-0.39, 0.29) is 0 Å². The van der Waals surface area contributed by atoms with Crippen molar-refractivity contribution in [1.29, 1.82) is 0 Å². The summed E-state index contributed by atoms with van der Waals surface area (Å²) < 4.78 is 0. The molecule has 4 N–H and O–H groups in total. The fraction of sp³-hybridized carbons (Fsp3) is 0. The Morgan fingerprint density at radius 3 is 1.29 bits per heavy atom. The van der Waals surface area contributed by atoms with Crippen LogP contribution in [0.2, 0.25) is 0 Å². The van der Waals surface area contributed by atoms with Crippen LogP contribution < -0.4 is 11.5 Å². The fourth-order valence-electron chi connectivity index (χ4n) is 1.25. The van der Waals surface area contributed by atoms with Crippen molar-refractivity contribution in [3.63, 3.8) is 0 Å². The zero-order chi connectivity index (χ0) is 13.3. The van der Waals surface area contributed by atoms with Crippen molar-refractivity contribution in [2.45, 2.75) is 0 Å². The fourth-order valence-corrected chi connectivity index (χ4v) is 1.25. The maximum atomic E-state index is 10.6. The number of hydrogen-bond acceptors (Lipinski definition) is 8. The molecule has 11 heteroatoms. The highest BCUT2D eigenvalue weighted by Crippen LogP contribution is 2.44. The van der Waals surface area contributed by atoms with Crippen LogP contribution in [0, 0.1) is 30.3 Å². The molecule has 0 saturated carbocycles. The Morgan fingerprint density at radius 2 is 1.06 bits per heavy atom. The lowest BCUT2D eigenvalue weighted by molar-refractivity contribution is -0.440. The molecule has 1 rings (SSSR count). The first-order valence-corrected chi connectivity index (χ1v) is 3.92. The summed E-state index contributed by atoms with van der Waals surface area (Å²) in [5, 5.41) is 31.8. The lowest BCUT2D eigenvalue weighted by Crippen LogP contribution is -2.07. The summed E-state index contributed by atoms with van der Waals surface area (Å²) in [6, 6.07) is 0.739. The van der Waals surface area contributed by atoms with Gasteiger partial charge in [-0.2, -0.15) is 0 Å². The predicted molar refractivity (Wildman–Crippen MR) is 55.2 cm³/mol. The number of benzene rings is 1. The van der Waals surface area contributed by atoms with Gasteiger partial charge in [0.15, 0.2) is 0 Å². The van der Waals surface area contributed by atoms with Crippen LogP contribution in [0.1, 0.15) is 0 Å². The third-order valence-electron chi connectivity index (χ3n) is 1.85. The number of nitro benzene ring substituents is 3. The average Bonchev–Trinajstić information content (AvgIpc) is 2.14. The van der Waals surface area contributed by atoms with Gasteiger partial charge < -0.3 is 11.5 Å². The SMILES string of the molecule is Nc1cc(N)c([N+](=O)[O-])c([N+](=O)[O-])c1[N+](=O)[O-]. The smallest absolute Gasteiger partial charge is 0.393 e. The number of nitrogen functional groups attached to an aromatic ring is 2. The van der Waals surface area contributed by atoms with E-state index in [1.54, 1.807) is 0 Å². The number of rotatable bonds is 3. The van der Waals surface area contributed by atoms with Gasteiger partial charge in [0.1, 0.15) is 11.4 Å². The molecule has 0 atom stereocenters. The molecule has 0 amide bonds. The minimum atomic E-state index is -1.32. The van der Waals surface area contributed by atoms with Crippen LogP contribution in [0.4, 0.5) is 28.4 Å². The Morgan fingerprint density at radius 1 is 0.765 bits per heavy atom. The van der Waals surface area contributed by atoms with E-state index in [1.165, 1.54) is 0 Å². The lowest BCUT2D eigenvalue weighted by atomic mass is 10.1. The summed E-state index contributed by atoms with van der Waals surface area (Å²) in [6.07, 6.45) is 0. The van der Waals surface area contributed by atoms with Crippen LogP contribution in [-0.2, 0) is 0 Å². The first-order valence-electron chi connectivity index (χ1n) is 3.92. The van der Waals surface area contributed by atoms with Gasteiger partial charge in [0.05, 0.1) is 14.8 Å². The van der Waals surface area contributed by atoms with Crippen molar-refractivity contribution >= 4 is 28.4 Å². The van der Waals surface area contributed by atoms with E-state index in [1.807, 2.05) is 0 Å². The molecule has 0 aliphatic carbocycles. The summed E-state index contributed by atoms with van der Waals surface area (Å²) >= 11 is 0. The Kier molecular flexibility index (Phi) is 2.76. The Hall–Kier alpha value is -2.98. The summed E-state index contributed by atoms with van der Waals surface area (Å²) in [6.45, 7) is 0. The molecule has 0 saturated heterocycles. The molecule has 0 unspecified atom stereocenters. The number of nitrogens with zero attached hydrogens (tertiary/aromatic N) is 3. The average molecular weight is 243 g/mol. The van der Waals surface area contributed by atoms with Crippen molar-refractivity contribution in [1.82, 2.24) is 0 Å². The number of nitro groups is 3. The normalized spacial score (nSPS) is 9.88. The summed E-state index contributed by atoms with van der Waals surface area (Å²) in [5.74, 6) is 0. The van der Waals surface area contributed by atoms with E-state index in [9.17, 15) is 30.3 Å².